The third-order valence-corrected chi connectivity index (χ3v) is 8.52. The number of ether oxygens (including phenoxy) is 1. The second kappa shape index (κ2) is 11.8. The lowest BCUT2D eigenvalue weighted by molar-refractivity contribution is -0.128. The Labute approximate surface area is 236 Å². The molecule has 10 heteroatoms. The van der Waals surface area contributed by atoms with E-state index in [0.29, 0.717) is 63.4 Å². The van der Waals surface area contributed by atoms with Crippen molar-refractivity contribution in [3.8, 4) is 6.01 Å². The lowest BCUT2D eigenvalue weighted by Crippen LogP contribution is -2.56. The van der Waals surface area contributed by atoms with Gasteiger partial charge in [-0.25, -0.2) is 11.0 Å². The summed E-state index contributed by atoms with van der Waals surface area (Å²) in [6.07, 6.45) is 4.25. The minimum Gasteiger partial charge on any atom is -0.462 e. The highest BCUT2D eigenvalue weighted by atomic mass is 19.1. The molecule has 3 aliphatic heterocycles. The van der Waals surface area contributed by atoms with Gasteiger partial charge in [-0.2, -0.15) is 9.97 Å². The zero-order valence-electron chi connectivity index (χ0n) is 23.7. The van der Waals surface area contributed by atoms with Crippen LogP contribution in [0, 0.1) is 26.2 Å². The van der Waals surface area contributed by atoms with Gasteiger partial charge < -0.3 is 29.2 Å². The molecule has 9 nitrogen and oxygen atoms in total. The summed E-state index contributed by atoms with van der Waals surface area (Å²) in [5, 5.41) is 0. The van der Waals surface area contributed by atoms with Crippen molar-refractivity contribution in [1.29, 1.82) is 0 Å². The van der Waals surface area contributed by atoms with Crippen LogP contribution in [0.2, 0.25) is 0 Å². The van der Waals surface area contributed by atoms with Crippen LogP contribution >= 0.6 is 0 Å². The molecule has 5 rings (SSSR count). The molecule has 1 amide bonds. The van der Waals surface area contributed by atoms with Gasteiger partial charge in [-0.15, -0.1) is 0 Å². The number of piperazine rings is 1. The first-order chi connectivity index (χ1) is 19.3. The third-order valence-electron chi connectivity index (χ3n) is 8.52. The summed E-state index contributed by atoms with van der Waals surface area (Å²) >= 11 is 0. The van der Waals surface area contributed by atoms with Gasteiger partial charge in [-0.3, -0.25) is 4.79 Å². The van der Waals surface area contributed by atoms with Crippen LogP contribution in [0.1, 0.15) is 35.2 Å². The van der Waals surface area contributed by atoms with Crippen LogP contribution in [-0.4, -0.2) is 90.7 Å². The SMILES string of the molecule is [C-]#[N+]C[C@H]1CN(c2nc(OCC3CCCN3C)nc3c2CCN(c2c(C)ccc(F)c2C)C3)CCN1C(=O)C=C. The van der Waals surface area contributed by atoms with Gasteiger partial charge in [0.1, 0.15) is 24.3 Å². The van der Waals surface area contributed by atoms with E-state index in [1.54, 1.807) is 4.90 Å². The largest absolute Gasteiger partial charge is 0.462 e. The molecule has 3 aliphatic rings. The molecule has 1 unspecified atom stereocenters. The summed E-state index contributed by atoms with van der Waals surface area (Å²) in [6.45, 7) is 19.5. The fourth-order valence-electron chi connectivity index (χ4n) is 6.28. The molecule has 0 bridgehead atoms. The van der Waals surface area contributed by atoms with E-state index >= 15 is 0 Å². The first-order valence-electron chi connectivity index (χ1n) is 14.0. The monoisotopic (exact) mass is 547 g/mol. The van der Waals surface area contributed by atoms with E-state index in [2.05, 4.69) is 33.2 Å². The Bertz CT molecular complexity index is 1330. The van der Waals surface area contributed by atoms with Gasteiger partial charge in [0.15, 0.2) is 0 Å². The molecule has 0 saturated carbocycles. The predicted octanol–water partition coefficient (Wildman–Crippen LogP) is 3.39. The van der Waals surface area contributed by atoms with Gasteiger partial charge >= 0.3 is 6.01 Å². The van der Waals surface area contributed by atoms with Crippen molar-refractivity contribution in [1.82, 2.24) is 19.8 Å². The van der Waals surface area contributed by atoms with E-state index in [1.807, 2.05) is 19.9 Å². The van der Waals surface area contributed by atoms with Crippen molar-refractivity contribution in [3.05, 3.63) is 64.4 Å². The number of likely N-dealkylation sites (N-methyl/N-ethyl adjacent to an activating group) is 1. The Morgan fingerprint density at radius 1 is 1.20 bits per heavy atom. The first kappa shape index (κ1) is 27.8. The highest BCUT2D eigenvalue weighted by Gasteiger charge is 2.35. The fraction of sp³-hybridized carbons (Fsp3) is 0.533. The molecule has 2 fully saturated rings. The number of nitrogens with zero attached hydrogens (tertiary/aromatic N) is 7. The number of amides is 1. The van der Waals surface area contributed by atoms with Crippen LogP contribution in [0.25, 0.3) is 4.85 Å². The third kappa shape index (κ3) is 5.48. The quantitative estimate of drug-likeness (QED) is 0.389. The Morgan fingerprint density at radius 2 is 2.02 bits per heavy atom. The number of halogens is 1. The van der Waals surface area contributed by atoms with E-state index in [1.165, 1.54) is 12.1 Å². The lowest BCUT2D eigenvalue weighted by atomic mass is 10.0. The second-order valence-corrected chi connectivity index (χ2v) is 11.0. The minimum atomic E-state index is -0.253. The highest BCUT2D eigenvalue weighted by molar-refractivity contribution is 5.87. The summed E-state index contributed by atoms with van der Waals surface area (Å²) < 4.78 is 20.8. The number of benzene rings is 1. The minimum absolute atomic E-state index is 0.154. The standard InChI is InChI=1S/C30H38FN7O2/c1-6-27(39)38-15-14-37(17-23(38)16-32-4)29-24-11-13-36(28-20(2)9-10-25(31)21(28)3)18-26(24)33-30(34-29)40-19-22-8-7-12-35(22)5/h6,9-10,22-23H,1,7-8,11-19H2,2-3,5H3/t22?,23-/m0/s1. The maximum Gasteiger partial charge on any atom is 0.318 e. The first-order valence-corrected chi connectivity index (χ1v) is 14.0. The van der Waals surface area contributed by atoms with Gasteiger partial charge in [0.25, 0.3) is 0 Å². The average molecular weight is 548 g/mol. The van der Waals surface area contributed by atoms with Crippen molar-refractivity contribution in [2.45, 2.75) is 51.7 Å². The zero-order chi connectivity index (χ0) is 28.4. The molecule has 212 valence electrons. The summed E-state index contributed by atoms with van der Waals surface area (Å²) in [4.78, 5) is 34.3. The lowest BCUT2D eigenvalue weighted by Gasteiger charge is -2.41. The van der Waals surface area contributed by atoms with Gasteiger partial charge in [0.05, 0.1) is 12.2 Å². The maximum absolute atomic E-state index is 14.5. The van der Waals surface area contributed by atoms with Crippen molar-refractivity contribution in [3.63, 3.8) is 0 Å². The molecular weight excluding hydrogens is 509 g/mol. The van der Waals surface area contributed by atoms with Crippen molar-refractivity contribution >= 4 is 17.4 Å². The Balaban J connectivity index is 1.48. The number of carbonyl (C=O) groups is 1. The number of hydrogen-bond acceptors (Lipinski definition) is 7. The van der Waals surface area contributed by atoms with Crippen molar-refractivity contribution < 1.29 is 13.9 Å². The smallest absolute Gasteiger partial charge is 0.318 e. The highest BCUT2D eigenvalue weighted by Crippen LogP contribution is 2.35. The van der Waals surface area contributed by atoms with Crippen LogP contribution < -0.4 is 14.5 Å². The number of hydrogen-bond donors (Lipinski definition) is 0. The van der Waals surface area contributed by atoms with Crippen LogP contribution in [0.3, 0.4) is 0 Å². The molecule has 2 aromatic rings. The molecule has 0 aliphatic carbocycles. The van der Waals surface area contributed by atoms with E-state index < -0.39 is 0 Å². The van der Waals surface area contributed by atoms with Gasteiger partial charge in [-0.05, 0) is 64.4 Å². The Kier molecular flexibility index (Phi) is 8.22. The number of rotatable bonds is 7. The molecule has 0 N–H and O–H groups in total. The fourth-order valence-corrected chi connectivity index (χ4v) is 6.28. The molecule has 40 heavy (non-hydrogen) atoms. The Morgan fingerprint density at radius 3 is 2.75 bits per heavy atom. The summed E-state index contributed by atoms with van der Waals surface area (Å²) in [5.41, 5.74) is 4.51. The molecule has 0 spiro atoms. The molecule has 2 saturated heterocycles. The topological polar surface area (TPSA) is 69.4 Å². The average Bonchev–Trinajstić information content (AvgIpc) is 3.37. The normalized spacial score (nSPS) is 21.2. The van der Waals surface area contributed by atoms with Gasteiger partial charge in [-0.1, -0.05) is 12.6 Å². The van der Waals surface area contributed by atoms with Gasteiger partial charge in [0.2, 0.25) is 12.5 Å². The zero-order valence-corrected chi connectivity index (χ0v) is 23.7. The van der Waals surface area contributed by atoms with E-state index in [9.17, 15) is 9.18 Å². The summed E-state index contributed by atoms with van der Waals surface area (Å²) in [5.74, 6) is 0.448. The second-order valence-electron chi connectivity index (χ2n) is 11.0. The van der Waals surface area contributed by atoms with E-state index in [0.717, 1.165) is 47.7 Å². The molecule has 2 atom stereocenters. The van der Waals surface area contributed by atoms with Crippen molar-refractivity contribution in [2.24, 2.45) is 0 Å². The van der Waals surface area contributed by atoms with E-state index in [-0.39, 0.29) is 24.3 Å². The number of fused-ring (bicyclic) bond motifs is 1. The molecule has 1 aromatic carbocycles. The number of aromatic nitrogens is 2. The molecular formula is C30H38FN7O2. The predicted molar refractivity (Wildman–Crippen MR) is 153 cm³/mol. The van der Waals surface area contributed by atoms with Crippen LogP contribution in [0.4, 0.5) is 15.9 Å². The summed E-state index contributed by atoms with van der Waals surface area (Å²) in [7, 11) is 2.11. The molecule has 0 radical (unpaired) electrons. The number of carbonyl (C=O) groups excluding carboxylic acids is 1. The van der Waals surface area contributed by atoms with E-state index in [4.69, 9.17) is 21.3 Å². The van der Waals surface area contributed by atoms with Crippen molar-refractivity contribution in [2.75, 3.05) is 62.7 Å². The van der Waals surface area contributed by atoms with Crippen LogP contribution in [0.15, 0.2) is 24.8 Å². The Hall–Kier alpha value is -3.71. The van der Waals surface area contributed by atoms with Crippen LogP contribution in [0.5, 0.6) is 6.01 Å². The summed E-state index contributed by atoms with van der Waals surface area (Å²) in [6, 6.07) is 3.77. The van der Waals surface area contributed by atoms with Crippen LogP contribution in [-0.2, 0) is 17.8 Å². The molecule has 4 heterocycles. The number of aryl methyl sites for hydroxylation is 1. The molecule has 1 aromatic heterocycles. The number of anilines is 2. The maximum atomic E-state index is 14.5. The number of likely N-dealkylation sites (tertiary alicyclic amines) is 1. The van der Waals surface area contributed by atoms with Gasteiger partial charge in [0, 0.05) is 49.0 Å².